The summed E-state index contributed by atoms with van der Waals surface area (Å²) in [6.45, 7) is 0. The molecule has 0 amide bonds. The first-order valence-electron chi connectivity index (χ1n) is 5.84. The summed E-state index contributed by atoms with van der Waals surface area (Å²) in [5.74, 6) is 0.206. The van der Waals surface area contributed by atoms with Gasteiger partial charge < -0.3 is 0 Å². The molecule has 0 radical (unpaired) electrons. The third kappa shape index (κ3) is 2.47. The minimum Gasteiger partial charge on any atom is -0.233 e. The minimum absolute atomic E-state index is 0.280. The molecule has 1 aromatic heterocycles. The highest BCUT2D eigenvalue weighted by molar-refractivity contribution is 5.59. The highest BCUT2D eigenvalue weighted by Crippen LogP contribution is 2.17. The van der Waals surface area contributed by atoms with Crippen LogP contribution in [0.4, 0.5) is 4.39 Å². The first-order chi connectivity index (χ1) is 9.33. The Kier molecular flexibility index (Phi) is 2.98. The van der Waals surface area contributed by atoms with E-state index in [0.717, 1.165) is 11.1 Å². The number of rotatable bonds is 2. The molecule has 19 heavy (non-hydrogen) atoms. The summed E-state index contributed by atoms with van der Waals surface area (Å²) < 4.78 is 12.8. The molecule has 3 aromatic rings. The zero-order chi connectivity index (χ0) is 13.1. The summed E-state index contributed by atoms with van der Waals surface area (Å²) in [4.78, 5) is 4.26. The van der Waals surface area contributed by atoms with Crippen molar-refractivity contribution in [2.45, 2.75) is 0 Å². The summed E-state index contributed by atoms with van der Waals surface area (Å²) in [5, 5.41) is 8.21. The van der Waals surface area contributed by atoms with Crippen LogP contribution in [0.1, 0.15) is 0 Å². The van der Waals surface area contributed by atoms with Gasteiger partial charge in [0, 0.05) is 11.1 Å². The van der Waals surface area contributed by atoms with E-state index in [4.69, 9.17) is 0 Å². The van der Waals surface area contributed by atoms with E-state index in [0.29, 0.717) is 11.5 Å². The number of aromatic nitrogens is 3. The molecule has 4 heteroatoms. The van der Waals surface area contributed by atoms with Crippen molar-refractivity contribution >= 4 is 0 Å². The van der Waals surface area contributed by atoms with Crippen molar-refractivity contribution in [1.29, 1.82) is 0 Å². The molecule has 0 atom stereocenters. The lowest BCUT2D eigenvalue weighted by Gasteiger charge is -2.01. The molecule has 0 spiro atoms. The van der Waals surface area contributed by atoms with Crippen LogP contribution in [0.5, 0.6) is 0 Å². The molecule has 0 saturated carbocycles. The van der Waals surface area contributed by atoms with Crippen molar-refractivity contribution in [2.24, 2.45) is 0 Å². The van der Waals surface area contributed by atoms with Crippen molar-refractivity contribution < 1.29 is 4.39 Å². The van der Waals surface area contributed by atoms with Crippen molar-refractivity contribution in [2.75, 3.05) is 0 Å². The molecule has 0 aliphatic heterocycles. The fourth-order valence-electron chi connectivity index (χ4n) is 1.75. The molecule has 0 aliphatic carbocycles. The zero-order valence-electron chi connectivity index (χ0n) is 9.99. The predicted octanol–water partition coefficient (Wildman–Crippen LogP) is 3.34. The van der Waals surface area contributed by atoms with Crippen LogP contribution < -0.4 is 0 Å². The fraction of sp³-hybridized carbons (Fsp3) is 0. The molecule has 0 saturated heterocycles. The first kappa shape index (κ1) is 11.5. The van der Waals surface area contributed by atoms with Crippen molar-refractivity contribution in [3.63, 3.8) is 0 Å². The highest BCUT2D eigenvalue weighted by Gasteiger charge is 2.04. The Balaban J connectivity index is 1.93. The van der Waals surface area contributed by atoms with Gasteiger partial charge in [0.2, 0.25) is 0 Å². The lowest BCUT2D eigenvalue weighted by atomic mass is 10.2. The lowest BCUT2D eigenvalue weighted by molar-refractivity contribution is 0.628. The van der Waals surface area contributed by atoms with Crippen molar-refractivity contribution in [3.8, 4) is 22.6 Å². The van der Waals surface area contributed by atoms with Gasteiger partial charge in [0.15, 0.2) is 5.82 Å². The Morgan fingerprint density at radius 2 is 1.47 bits per heavy atom. The molecule has 0 fully saturated rings. The number of nitrogens with zero attached hydrogens (tertiary/aromatic N) is 3. The summed E-state index contributed by atoms with van der Waals surface area (Å²) in [5.41, 5.74) is 2.42. The Morgan fingerprint density at radius 3 is 2.11 bits per heavy atom. The van der Waals surface area contributed by atoms with Crippen molar-refractivity contribution in [3.05, 3.63) is 66.6 Å². The quantitative estimate of drug-likeness (QED) is 0.701. The van der Waals surface area contributed by atoms with Gasteiger partial charge >= 0.3 is 0 Å². The predicted molar refractivity (Wildman–Crippen MR) is 70.7 cm³/mol. The second kappa shape index (κ2) is 4.94. The average Bonchev–Trinajstić information content (AvgIpc) is 2.49. The molecule has 0 bridgehead atoms. The molecule has 0 unspecified atom stereocenters. The topological polar surface area (TPSA) is 38.7 Å². The highest BCUT2D eigenvalue weighted by atomic mass is 19.1. The summed E-state index contributed by atoms with van der Waals surface area (Å²) in [7, 11) is 0. The third-order valence-electron chi connectivity index (χ3n) is 2.73. The first-order valence-corrected chi connectivity index (χ1v) is 5.84. The SMILES string of the molecule is Fc1ccc(-c2ncc(-c3ccccc3)nn2)cc1. The molecule has 1 heterocycles. The van der Waals surface area contributed by atoms with E-state index in [1.54, 1.807) is 18.3 Å². The molecular formula is C15H10FN3. The Morgan fingerprint density at radius 1 is 0.737 bits per heavy atom. The van der Waals surface area contributed by atoms with E-state index in [9.17, 15) is 4.39 Å². The van der Waals surface area contributed by atoms with Crippen LogP contribution in [0.25, 0.3) is 22.6 Å². The third-order valence-corrected chi connectivity index (χ3v) is 2.73. The van der Waals surface area contributed by atoms with Crippen LogP contribution in [-0.4, -0.2) is 15.2 Å². The largest absolute Gasteiger partial charge is 0.233 e. The molecule has 92 valence electrons. The summed E-state index contributed by atoms with van der Waals surface area (Å²) >= 11 is 0. The molecule has 3 rings (SSSR count). The Hall–Kier alpha value is -2.62. The van der Waals surface area contributed by atoms with Gasteiger partial charge in [-0.2, -0.15) is 0 Å². The molecule has 3 nitrogen and oxygen atoms in total. The van der Waals surface area contributed by atoms with Crippen LogP contribution in [-0.2, 0) is 0 Å². The van der Waals surface area contributed by atoms with E-state index in [1.807, 2.05) is 30.3 Å². The number of hydrogen-bond acceptors (Lipinski definition) is 3. The standard InChI is InChI=1S/C15H10FN3/c16-13-8-6-12(7-9-13)15-17-10-14(18-19-15)11-4-2-1-3-5-11/h1-10H. The Bertz CT molecular complexity index is 664. The van der Waals surface area contributed by atoms with Crippen LogP contribution in [0, 0.1) is 5.82 Å². The van der Waals surface area contributed by atoms with Gasteiger partial charge in [0.25, 0.3) is 0 Å². The monoisotopic (exact) mass is 251 g/mol. The van der Waals surface area contributed by atoms with Crippen LogP contribution in [0.15, 0.2) is 60.8 Å². The van der Waals surface area contributed by atoms with Crippen LogP contribution >= 0.6 is 0 Å². The van der Waals surface area contributed by atoms with Gasteiger partial charge in [-0.05, 0) is 24.3 Å². The van der Waals surface area contributed by atoms with Gasteiger partial charge in [-0.3, -0.25) is 0 Å². The maximum Gasteiger partial charge on any atom is 0.181 e. The van der Waals surface area contributed by atoms with E-state index in [2.05, 4.69) is 15.2 Å². The molecule has 0 N–H and O–H groups in total. The molecule has 0 aliphatic rings. The molecular weight excluding hydrogens is 241 g/mol. The van der Waals surface area contributed by atoms with Crippen LogP contribution in [0.2, 0.25) is 0 Å². The summed E-state index contributed by atoms with van der Waals surface area (Å²) in [6.07, 6.45) is 1.67. The number of hydrogen-bond donors (Lipinski definition) is 0. The summed E-state index contributed by atoms with van der Waals surface area (Å²) in [6, 6.07) is 15.7. The maximum absolute atomic E-state index is 12.8. The van der Waals surface area contributed by atoms with E-state index in [-0.39, 0.29) is 5.82 Å². The lowest BCUT2D eigenvalue weighted by Crippen LogP contribution is -1.94. The van der Waals surface area contributed by atoms with Gasteiger partial charge in [0.05, 0.1) is 6.20 Å². The molecule has 2 aromatic carbocycles. The van der Waals surface area contributed by atoms with Gasteiger partial charge in [-0.1, -0.05) is 30.3 Å². The minimum atomic E-state index is -0.280. The van der Waals surface area contributed by atoms with Gasteiger partial charge in [0.1, 0.15) is 11.5 Å². The fourth-order valence-corrected chi connectivity index (χ4v) is 1.75. The average molecular weight is 251 g/mol. The van der Waals surface area contributed by atoms with Gasteiger partial charge in [-0.25, -0.2) is 9.37 Å². The smallest absolute Gasteiger partial charge is 0.181 e. The Labute approximate surface area is 109 Å². The second-order valence-electron chi connectivity index (χ2n) is 4.04. The van der Waals surface area contributed by atoms with E-state index in [1.165, 1.54) is 12.1 Å². The second-order valence-corrected chi connectivity index (χ2v) is 4.04. The number of benzene rings is 2. The van der Waals surface area contributed by atoms with E-state index >= 15 is 0 Å². The zero-order valence-corrected chi connectivity index (χ0v) is 9.99. The van der Waals surface area contributed by atoms with Crippen molar-refractivity contribution in [1.82, 2.24) is 15.2 Å². The maximum atomic E-state index is 12.8. The van der Waals surface area contributed by atoms with Crippen LogP contribution in [0.3, 0.4) is 0 Å². The number of halogens is 1. The van der Waals surface area contributed by atoms with Gasteiger partial charge in [-0.15, -0.1) is 10.2 Å². The van der Waals surface area contributed by atoms with E-state index < -0.39 is 0 Å². The normalized spacial score (nSPS) is 10.4.